The van der Waals surface area contributed by atoms with Crippen molar-refractivity contribution in [2.75, 3.05) is 0 Å². The molecule has 1 atom stereocenters. The number of benzene rings is 4. The Morgan fingerprint density at radius 3 is 2.14 bits per heavy atom. The van der Waals surface area contributed by atoms with E-state index in [2.05, 4.69) is 30.3 Å². The highest BCUT2D eigenvalue weighted by molar-refractivity contribution is 7.48. The van der Waals surface area contributed by atoms with Gasteiger partial charge in [0.05, 0.1) is 0 Å². The van der Waals surface area contributed by atoms with Crippen molar-refractivity contribution in [2.45, 2.75) is 0 Å². The minimum Gasteiger partial charge on any atom is -0.156 e. The first-order valence-corrected chi connectivity index (χ1v) is 7.96. The Morgan fingerprint density at radius 2 is 1.38 bits per heavy atom. The summed E-state index contributed by atoms with van der Waals surface area (Å²) < 4.78 is 11.7. The molecule has 4 rings (SSSR count). The van der Waals surface area contributed by atoms with Crippen LogP contribution >= 0.6 is 8.03 Å². The first-order chi connectivity index (χ1) is 10.2. The van der Waals surface area contributed by atoms with Gasteiger partial charge < -0.3 is 0 Å². The second-order valence-electron chi connectivity index (χ2n) is 5.13. The minimum absolute atomic E-state index is 0.503. The molecule has 1 unspecified atom stereocenters. The Bertz CT molecular complexity index is 1020. The van der Waals surface area contributed by atoms with Crippen LogP contribution in [-0.4, -0.2) is 4.89 Å². The van der Waals surface area contributed by atoms with Gasteiger partial charge in [0.2, 0.25) is 5.30 Å². The van der Waals surface area contributed by atoms with Gasteiger partial charge in [0.1, 0.15) is 0 Å². The Hall–Kier alpha value is -2.28. The average Bonchev–Trinajstić information content (AvgIpc) is 2.52. The van der Waals surface area contributed by atoms with Crippen LogP contribution in [-0.2, 0) is 4.57 Å². The summed E-state index contributed by atoms with van der Waals surface area (Å²) in [7, 11) is -2.36. The first kappa shape index (κ1) is 12.5. The van der Waals surface area contributed by atoms with Gasteiger partial charge in [-0.15, -0.1) is 0 Å². The van der Waals surface area contributed by atoms with Crippen molar-refractivity contribution in [3.05, 3.63) is 66.7 Å². The van der Waals surface area contributed by atoms with Crippen molar-refractivity contribution in [3.8, 4) is 0 Å². The smallest absolute Gasteiger partial charge is 0.156 e. The summed E-state index contributed by atoms with van der Waals surface area (Å²) in [6.45, 7) is 0. The Labute approximate surface area is 122 Å². The van der Waals surface area contributed by atoms with Crippen LogP contribution in [0.25, 0.3) is 32.3 Å². The topological polar surface area (TPSA) is 37.3 Å². The standard InChI is InChI=1S/C18H11O2P/c19-21(20)17-7-3-6-12-8-9-15-10-13-4-1-2-5-14(13)11-16(15)18(12)17/h1-11H/p+1. The monoisotopic (exact) mass is 291 g/mol. The summed E-state index contributed by atoms with van der Waals surface area (Å²) in [5, 5.41) is 6.81. The molecule has 0 saturated heterocycles. The number of fused-ring (bicyclic) bond motifs is 4. The van der Waals surface area contributed by atoms with Crippen LogP contribution in [0.2, 0.25) is 0 Å². The zero-order valence-electron chi connectivity index (χ0n) is 11.2. The summed E-state index contributed by atoms with van der Waals surface area (Å²) in [6.07, 6.45) is 0. The summed E-state index contributed by atoms with van der Waals surface area (Å²) >= 11 is 0. The summed E-state index contributed by atoms with van der Waals surface area (Å²) in [6, 6.07) is 22.0. The second-order valence-corrected chi connectivity index (χ2v) is 6.16. The fourth-order valence-corrected chi connectivity index (χ4v) is 3.60. The van der Waals surface area contributed by atoms with Crippen LogP contribution in [0.4, 0.5) is 0 Å². The van der Waals surface area contributed by atoms with Crippen molar-refractivity contribution in [2.24, 2.45) is 0 Å². The molecule has 0 radical (unpaired) electrons. The minimum atomic E-state index is -2.36. The molecule has 100 valence electrons. The number of rotatable bonds is 1. The first-order valence-electron chi connectivity index (χ1n) is 6.74. The van der Waals surface area contributed by atoms with Gasteiger partial charge in [-0.1, -0.05) is 48.5 Å². The molecule has 0 aliphatic rings. The molecule has 0 heterocycles. The number of hydrogen-bond acceptors (Lipinski definition) is 1. The lowest BCUT2D eigenvalue weighted by atomic mass is 9.98. The quantitative estimate of drug-likeness (QED) is 0.318. The zero-order chi connectivity index (χ0) is 14.4. The van der Waals surface area contributed by atoms with E-state index < -0.39 is 8.03 Å². The molecule has 4 aromatic carbocycles. The van der Waals surface area contributed by atoms with Crippen LogP contribution in [0.15, 0.2) is 66.7 Å². The van der Waals surface area contributed by atoms with Crippen molar-refractivity contribution < 1.29 is 9.46 Å². The van der Waals surface area contributed by atoms with E-state index in [0.29, 0.717) is 5.30 Å². The molecule has 1 N–H and O–H groups in total. The molecule has 2 nitrogen and oxygen atoms in total. The molecule has 0 fully saturated rings. The van der Waals surface area contributed by atoms with E-state index in [9.17, 15) is 9.46 Å². The maximum atomic E-state index is 11.7. The number of hydrogen-bond donors (Lipinski definition) is 1. The molecular formula is C18H12O2P+. The van der Waals surface area contributed by atoms with E-state index in [1.54, 1.807) is 6.07 Å². The Morgan fingerprint density at radius 1 is 0.714 bits per heavy atom. The Balaban J connectivity index is 2.26. The van der Waals surface area contributed by atoms with Crippen molar-refractivity contribution in [1.29, 1.82) is 0 Å². The Kier molecular flexibility index (Phi) is 2.75. The van der Waals surface area contributed by atoms with Gasteiger partial charge in [-0.25, -0.2) is 0 Å². The fourth-order valence-electron chi connectivity index (χ4n) is 2.94. The van der Waals surface area contributed by atoms with Crippen LogP contribution in [0.1, 0.15) is 0 Å². The summed E-state index contributed by atoms with van der Waals surface area (Å²) in [5.41, 5.74) is 0. The molecule has 3 heteroatoms. The molecule has 0 aliphatic heterocycles. The van der Waals surface area contributed by atoms with Gasteiger partial charge >= 0.3 is 8.03 Å². The van der Waals surface area contributed by atoms with Gasteiger partial charge in [-0.3, -0.25) is 0 Å². The maximum absolute atomic E-state index is 11.7. The molecular weight excluding hydrogens is 279 g/mol. The fraction of sp³-hybridized carbons (Fsp3) is 0. The van der Waals surface area contributed by atoms with E-state index in [0.717, 1.165) is 26.9 Å². The lowest BCUT2D eigenvalue weighted by Crippen LogP contribution is -1.98. The van der Waals surface area contributed by atoms with Gasteiger partial charge in [-0.2, -0.15) is 4.89 Å². The third-order valence-electron chi connectivity index (χ3n) is 3.91. The van der Waals surface area contributed by atoms with Crippen LogP contribution < -0.4 is 5.30 Å². The van der Waals surface area contributed by atoms with Crippen LogP contribution in [0.3, 0.4) is 0 Å². The average molecular weight is 291 g/mol. The predicted octanol–water partition coefficient (Wildman–Crippen LogP) is 4.51. The molecule has 4 aromatic rings. The van der Waals surface area contributed by atoms with E-state index in [-0.39, 0.29) is 0 Å². The molecule has 0 bridgehead atoms. The van der Waals surface area contributed by atoms with Crippen molar-refractivity contribution in [1.82, 2.24) is 0 Å². The van der Waals surface area contributed by atoms with E-state index in [1.165, 1.54) is 5.39 Å². The molecule has 0 spiro atoms. The van der Waals surface area contributed by atoms with Gasteiger partial charge in [0.15, 0.2) is 0 Å². The van der Waals surface area contributed by atoms with E-state index in [1.807, 2.05) is 30.3 Å². The molecule has 0 aliphatic carbocycles. The molecule has 21 heavy (non-hydrogen) atoms. The van der Waals surface area contributed by atoms with Crippen molar-refractivity contribution in [3.63, 3.8) is 0 Å². The summed E-state index contributed by atoms with van der Waals surface area (Å²) in [5.74, 6) is 0. The van der Waals surface area contributed by atoms with E-state index >= 15 is 0 Å². The van der Waals surface area contributed by atoms with E-state index in [4.69, 9.17) is 0 Å². The molecule has 0 saturated carbocycles. The highest BCUT2D eigenvalue weighted by Crippen LogP contribution is 2.31. The van der Waals surface area contributed by atoms with Gasteiger partial charge in [0, 0.05) is 5.39 Å². The van der Waals surface area contributed by atoms with Crippen molar-refractivity contribution >= 4 is 45.6 Å². The zero-order valence-corrected chi connectivity index (χ0v) is 12.0. The lowest BCUT2D eigenvalue weighted by Gasteiger charge is -2.06. The second kappa shape index (κ2) is 4.63. The third kappa shape index (κ3) is 1.92. The maximum Gasteiger partial charge on any atom is 0.546 e. The van der Waals surface area contributed by atoms with Gasteiger partial charge in [-0.05, 0) is 49.7 Å². The predicted molar refractivity (Wildman–Crippen MR) is 88.4 cm³/mol. The van der Waals surface area contributed by atoms with Crippen LogP contribution in [0.5, 0.6) is 0 Å². The largest absolute Gasteiger partial charge is 0.546 e. The van der Waals surface area contributed by atoms with Crippen LogP contribution in [0, 0.1) is 0 Å². The third-order valence-corrected chi connectivity index (χ3v) is 4.70. The SMILES string of the molecule is O=[P+](O)c1cccc2ccc3cc4ccccc4cc3c12. The highest BCUT2D eigenvalue weighted by Gasteiger charge is 2.21. The molecule has 0 amide bonds. The normalized spacial score (nSPS) is 12.1. The highest BCUT2D eigenvalue weighted by atomic mass is 31.1. The lowest BCUT2D eigenvalue weighted by molar-refractivity contribution is 0.513. The molecule has 0 aromatic heterocycles. The summed E-state index contributed by atoms with van der Waals surface area (Å²) in [4.78, 5) is 9.60. The van der Waals surface area contributed by atoms with Gasteiger partial charge in [0.25, 0.3) is 0 Å².